The zero-order valence-corrected chi connectivity index (χ0v) is 12.6. The van der Waals surface area contributed by atoms with Crippen molar-refractivity contribution >= 4 is 11.3 Å². The number of aryl methyl sites for hydroxylation is 1. The van der Waals surface area contributed by atoms with E-state index in [-0.39, 0.29) is 6.04 Å². The Labute approximate surface area is 119 Å². The minimum Gasteiger partial charge on any atom is -0.494 e. The average Bonchev–Trinajstić information content (AvgIpc) is 2.84. The molecule has 2 aromatic rings. The Kier molecular flexibility index (Phi) is 5.00. The molecule has 19 heavy (non-hydrogen) atoms. The molecule has 1 N–H and O–H groups in total. The first kappa shape index (κ1) is 14.1. The molecule has 2 nitrogen and oxygen atoms in total. The van der Waals surface area contributed by atoms with E-state index in [1.165, 1.54) is 16.0 Å². The summed E-state index contributed by atoms with van der Waals surface area (Å²) < 4.78 is 5.50. The maximum atomic E-state index is 5.50. The van der Waals surface area contributed by atoms with Crippen LogP contribution in [-0.4, -0.2) is 13.2 Å². The number of hydrogen-bond donors (Lipinski definition) is 1. The van der Waals surface area contributed by atoms with Crippen LogP contribution in [0.5, 0.6) is 5.75 Å². The van der Waals surface area contributed by atoms with Crippen LogP contribution in [0.25, 0.3) is 0 Å². The van der Waals surface area contributed by atoms with E-state index < -0.39 is 0 Å². The van der Waals surface area contributed by atoms with Gasteiger partial charge in [0.25, 0.3) is 0 Å². The number of ether oxygens (including phenoxy) is 1. The largest absolute Gasteiger partial charge is 0.494 e. The molecule has 1 atom stereocenters. The minimum atomic E-state index is 0.278. The molecule has 0 amide bonds. The molecule has 1 aromatic carbocycles. The molecule has 0 aliphatic rings. The van der Waals surface area contributed by atoms with Crippen LogP contribution in [0.3, 0.4) is 0 Å². The van der Waals surface area contributed by atoms with E-state index in [0.29, 0.717) is 6.61 Å². The van der Waals surface area contributed by atoms with E-state index in [2.05, 4.69) is 42.7 Å². The summed E-state index contributed by atoms with van der Waals surface area (Å²) in [6.45, 7) is 7.98. The van der Waals surface area contributed by atoms with E-state index in [0.717, 1.165) is 12.3 Å². The van der Waals surface area contributed by atoms with Gasteiger partial charge in [0.15, 0.2) is 0 Å². The molecule has 1 aromatic heterocycles. The van der Waals surface area contributed by atoms with Crippen molar-refractivity contribution in [2.75, 3.05) is 13.2 Å². The lowest BCUT2D eigenvalue weighted by molar-refractivity contribution is 0.340. The summed E-state index contributed by atoms with van der Waals surface area (Å²) in [5, 5.41) is 5.72. The van der Waals surface area contributed by atoms with Crippen LogP contribution in [0.1, 0.15) is 35.9 Å². The predicted molar refractivity (Wildman–Crippen MR) is 82.2 cm³/mol. The van der Waals surface area contributed by atoms with Crippen LogP contribution in [0.4, 0.5) is 0 Å². The van der Waals surface area contributed by atoms with Crippen molar-refractivity contribution < 1.29 is 4.74 Å². The maximum Gasteiger partial charge on any atom is 0.119 e. The third-order valence-corrected chi connectivity index (χ3v) is 4.18. The third kappa shape index (κ3) is 3.37. The first-order valence-corrected chi connectivity index (χ1v) is 7.64. The van der Waals surface area contributed by atoms with Crippen molar-refractivity contribution in [2.45, 2.75) is 26.8 Å². The fourth-order valence-corrected chi connectivity index (χ4v) is 3.20. The monoisotopic (exact) mass is 275 g/mol. The molecule has 3 heteroatoms. The molecule has 0 bridgehead atoms. The zero-order valence-electron chi connectivity index (χ0n) is 11.8. The van der Waals surface area contributed by atoms with Gasteiger partial charge in [0.05, 0.1) is 12.6 Å². The molecule has 0 saturated heterocycles. The maximum absolute atomic E-state index is 5.50. The topological polar surface area (TPSA) is 21.3 Å². The molecule has 0 aliphatic heterocycles. The average molecular weight is 275 g/mol. The van der Waals surface area contributed by atoms with Gasteiger partial charge in [-0.3, -0.25) is 0 Å². The second-order valence-corrected chi connectivity index (χ2v) is 5.41. The zero-order chi connectivity index (χ0) is 13.7. The first-order valence-electron chi connectivity index (χ1n) is 6.76. The molecule has 2 rings (SSSR count). The van der Waals surface area contributed by atoms with Crippen LogP contribution in [0.15, 0.2) is 35.7 Å². The Balaban J connectivity index is 2.26. The van der Waals surface area contributed by atoms with Gasteiger partial charge >= 0.3 is 0 Å². The Bertz CT molecular complexity index is 504. The van der Waals surface area contributed by atoms with Gasteiger partial charge in [-0.25, -0.2) is 0 Å². The molecule has 1 unspecified atom stereocenters. The van der Waals surface area contributed by atoms with Crippen molar-refractivity contribution in [3.63, 3.8) is 0 Å². The van der Waals surface area contributed by atoms with Gasteiger partial charge in [0.2, 0.25) is 0 Å². The number of benzene rings is 1. The van der Waals surface area contributed by atoms with Crippen LogP contribution in [0.2, 0.25) is 0 Å². The number of nitrogens with one attached hydrogen (secondary N) is 1. The predicted octanol–water partition coefficient (Wildman–Crippen LogP) is 4.15. The van der Waals surface area contributed by atoms with Gasteiger partial charge in [0, 0.05) is 4.88 Å². The summed E-state index contributed by atoms with van der Waals surface area (Å²) in [5.74, 6) is 0.935. The highest BCUT2D eigenvalue weighted by Gasteiger charge is 2.16. The summed E-state index contributed by atoms with van der Waals surface area (Å²) in [5.41, 5.74) is 2.64. The molecular weight excluding hydrogens is 254 g/mol. The molecule has 0 radical (unpaired) electrons. The highest BCUT2D eigenvalue weighted by Crippen LogP contribution is 2.30. The van der Waals surface area contributed by atoms with E-state index in [1.807, 2.05) is 30.4 Å². The third-order valence-electron chi connectivity index (χ3n) is 3.10. The van der Waals surface area contributed by atoms with Gasteiger partial charge < -0.3 is 10.1 Å². The normalized spacial score (nSPS) is 12.4. The fourth-order valence-electron chi connectivity index (χ4n) is 2.17. The number of thiophene rings is 1. The number of rotatable bonds is 6. The molecule has 0 spiro atoms. The highest BCUT2D eigenvalue weighted by molar-refractivity contribution is 7.10. The van der Waals surface area contributed by atoms with Crippen molar-refractivity contribution in [1.82, 2.24) is 5.32 Å². The molecule has 102 valence electrons. The molecule has 0 aliphatic carbocycles. The standard InChI is InChI=1S/C16H21NOS/c1-4-17-15(16-12(3)10-11-19-16)13-6-8-14(9-7-13)18-5-2/h6-11,15,17H,4-5H2,1-3H3. The van der Waals surface area contributed by atoms with E-state index in [1.54, 1.807) is 0 Å². The Morgan fingerprint density at radius 1 is 1.16 bits per heavy atom. The highest BCUT2D eigenvalue weighted by atomic mass is 32.1. The van der Waals surface area contributed by atoms with Crippen LogP contribution in [-0.2, 0) is 0 Å². The van der Waals surface area contributed by atoms with Crippen LogP contribution >= 0.6 is 11.3 Å². The van der Waals surface area contributed by atoms with Gasteiger partial charge in [-0.15, -0.1) is 11.3 Å². The van der Waals surface area contributed by atoms with Gasteiger partial charge in [-0.1, -0.05) is 19.1 Å². The number of hydrogen-bond acceptors (Lipinski definition) is 3. The fraction of sp³-hybridized carbons (Fsp3) is 0.375. The Morgan fingerprint density at radius 3 is 2.42 bits per heavy atom. The lowest BCUT2D eigenvalue weighted by atomic mass is 10.0. The van der Waals surface area contributed by atoms with Crippen molar-refractivity contribution in [1.29, 1.82) is 0 Å². The molecule has 0 saturated carbocycles. The lowest BCUT2D eigenvalue weighted by Gasteiger charge is -2.18. The molecular formula is C16H21NOS. The first-order chi connectivity index (χ1) is 9.26. The summed E-state index contributed by atoms with van der Waals surface area (Å²) in [6, 6.07) is 10.9. The van der Waals surface area contributed by atoms with Crippen molar-refractivity contribution in [2.24, 2.45) is 0 Å². The molecule has 0 fully saturated rings. The lowest BCUT2D eigenvalue weighted by Crippen LogP contribution is -2.21. The Morgan fingerprint density at radius 2 is 1.89 bits per heavy atom. The van der Waals surface area contributed by atoms with E-state index in [9.17, 15) is 0 Å². The van der Waals surface area contributed by atoms with E-state index in [4.69, 9.17) is 4.74 Å². The van der Waals surface area contributed by atoms with Crippen molar-refractivity contribution in [3.8, 4) is 5.75 Å². The second kappa shape index (κ2) is 6.73. The summed E-state index contributed by atoms with van der Waals surface area (Å²) in [4.78, 5) is 1.39. The van der Waals surface area contributed by atoms with Gasteiger partial charge in [-0.2, -0.15) is 0 Å². The quantitative estimate of drug-likeness (QED) is 0.855. The van der Waals surface area contributed by atoms with E-state index >= 15 is 0 Å². The summed E-state index contributed by atoms with van der Waals surface area (Å²) in [6.07, 6.45) is 0. The van der Waals surface area contributed by atoms with Crippen LogP contribution in [0, 0.1) is 6.92 Å². The molecule has 1 heterocycles. The summed E-state index contributed by atoms with van der Waals surface area (Å²) in [7, 11) is 0. The van der Waals surface area contributed by atoms with Gasteiger partial charge in [0.1, 0.15) is 5.75 Å². The smallest absolute Gasteiger partial charge is 0.119 e. The van der Waals surface area contributed by atoms with Crippen LogP contribution < -0.4 is 10.1 Å². The van der Waals surface area contributed by atoms with Crippen molar-refractivity contribution in [3.05, 3.63) is 51.7 Å². The SMILES string of the molecule is CCNC(c1ccc(OCC)cc1)c1sccc1C. The minimum absolute atomic E-state index is 0.278. The Hall–Kier alpha value is -1.32. The second-order valence-electron chi connectivity index (χ2n) is 4.46. The summed E-state index contributed by atoms with van der Waals surface area (Å²) >= 11 is 1.81. The van der Waals surface area contributed by atoms with Gasteiger partial charge in [-0.05, 0) is 55.1 Å².